The van der Waals surface area contributed by atoms with Crippen molar-refractivity contribution >= 4 is 0 Å². The zero-order chi connectivity index (χ0) is 9.90. The first-order chi connectivity index (χ1) is 6.00. The lowest BCUT2D eigenvalue weighted by Crippen LogP contribution is -2.21. The second-order valence-electron chi connectivity index (χ2n) is 3.13. The largest absolute Gasteiger partial charge is 0.391 e. The molecule has 0 spiro atoms. The lowest BCUT2D eigenvalue weighted by atomic mass is 10.0. The first kappa shape index (κ1) is 10.1. The minimum Gasteiger partial charge on any atom is -0.171 e. The topological polar surface area (TPSA) is 0 Å². The molecule has 0 fully saturated rings. The average Bonchev–Trinajstić information content (AvgIpc) is 2.04. The summed E-state index contributed by atoms with van der Waals surface area (Å²) in [5, 5.41) is 0. The van der Waals surface area contributed by atoms with Crippen LogP contribution in [0.3, 0.4) is 0 Å². The van der Waals surface area contributed by atoms with E-state index in [0.29, 0.717) is 0 Å². The van der Waals surface area contributed by atoms with Crippen LogP contribution < -0.4 is 0 Å². The Kier molecular flexibility index (Phi) is 2.96. The predicted octanol–water partition coefficient (Wildman–Crippen LogP) is 3.43. The zero-order valence-electron chi connectivity index (χ0n) is 7.31. The molecule has 0 aliphatic rings. The fourth-order valence-corrected chi connectivity index (χ4v) is 1.08. The summed E-state index contributed by atoms with van der Waals surface area (Å²) in [5.74, 6) is -1.27. The Labute approximate surface area is 75.4 Å². The highest BCUT2D eigenvalue weighted by Crippen LogP contribution is 2.28. The second kappa shape index (κ2) is 3.81. The van der Waals surface area contributed by atoms with Gasteiger partial charge in [0.25, 0.3) is 0 Å². The summed E-state index contributed by atoms with van der Waals surface area (Å²) in [4.78, 5) is 0. The van der Waals surface area contributed by atoms with Crippen molar-refractivity contribution in [3.63, 3.8) is 0 Å². The summed E-state index contributed by atoms with van der Waals surface area (Å²) in [6, 6.07) is 8.71. The van der Waals surface area contributed by atoms with Gasteiger partial charge >= 0.3 is 6.18 Å². The number of halogens is 3. The molecule has 0 N–H and O–H groups in total. The molecule has 1 rings (SSSR count). The maximum Gasteiger partial charge on any atom is 0.391 e. The molecule has 0 amide bonds. The molecule has 0 saturated heterocycles. The molecule has 0 radical (unpaired) electrons. The van der Waals surface area contributed by atoms with Crippen LogP contribution in [0.25, 0.3) is 0 Å². The molecule has 0 aliphatic carbocycles. The van der Waals surface area contributed by atoms with Gasteiger partial charge in [-0.05, 0) is 12.0 Å². The number of hydrogen-bond acceptors (Lipinski definition) is 0. The van der Waals surface area contributed by atoms with Crippen molar-refractivity contribution in [2.45, 2.75) is 19.5 Å². The van der Waals surface area contributed by atoms with Crippen LogP contribution in [0.4, 0.5) is 13.2 Å². The first-order valence-corrected chi connectivity index (χ1v) is 4.11. The van der Waals surface area contributed by atoms with E-state index in [9.17, 15) is 13.2 Å². The Bertz CT molecular complexity index is 251. The Balaban J connectivity index is 2.61. The number of benzene rings is 1. The van der Waals surface area contributed by atoms with Crippen molar-refractivity contribution in [1.29, 1.82) is 0 Å². The van der Waals surface area contributed by atoms with Gasteiger partial charge in [0.15, 0.2) is 0 Å². The smallest absolute Gasteiger partial charge is 0.171 e. The monoisotopic (exact) mass is 188 g/mol. The Morgan fingerprint density at radius 3 is 2.15 bits per heavy atom. The van der Waals surface area contributed by atoms with Gasteiger partial charge in [0.1, 0.15) is 0 Å². The van der Waals surface area contributed by atoms with Crippen molar-refractivity contribution in [1.82, 2.24) is 0 Å². The maximum absolute atomic E-state index is 12.1. The fourth-order valence-electron chi connectivity index (χ4n) is 1.08. The molecular formula is C10H11F3. The molecule has 1 aromatic rings. The highest BCUT2D eigenvalue weighted by atomic mass is 19.4. The van der Waals surface area contributed by atoms with Crippen LogP contribution in [-0.2, 0) is 6.42 Å². The van der Waals surface area contributed by atoms with Crippen LogP contribution in [0.5, 0.6) is 0 Å². The normalized spacial score (nSPS) is 14.2. The van der Waals surface area contributed by atoms with E-state index in [0.717, 1.165) is 5.56 Å². The van der Waals surface area contributed by atoms with E-state index in [1.165, 1.54) is 6.92 Å². The van der Waals surface area contributed by atoms with Crippen LogP contribution in [0, 0.1) is 5.92 Å². The van der Waals surface area contributed by atoms with Crippen LogP contribution in [0.1, 0.15) is 12.5 Å². The first-order valence-electron chi connectivity index (χ1n) is 4.11. The summed E-state index contributed by atoms with van der Waals surface area (Å²) in [7, 11) is 0. The Morgan fingerprint density at radius 2 is 1.69 bits per heavy atom. The van der Waals surface area contributed by atoms with Crippen molar-refractivity contribution in [3.8, 4) is 0 Å². The molecule has 1 atom stereocenters. The van der Waals surface area contributed by atoms with E-state index in [2.05, 4.69) is 0 Å². The van der Waals surface area contributed by atoms with Gasteiger partial charge in [-0.3, -0.25) is 0 Å². The van der Waals surface area contributed by atoms with Gasteiger partial charge in [-0.15, -0.1) is 0 Å². The minimum atomic E-state index is -4.09. The lowest BCUT2D eigenvalue weighted by Gasteiger charge is -2.14. The van der Waals surface area contributed by atoms with Crippen molar-refractivity contribution in [2.75, 3.05) is 0 Å². The molecule has 0 aliphatic heterocycles. The van der Waals surface area contributed by atoms with Gasteiger partial charge in [0.2, 0.25) is 0 Å². The summed E-state index contributed by atoms with van der Waals surface area (Å²) in [5.41, 5.74) is 0.729. The molecular weight excluding hydrogens is 177 g/mol. The number of alkyl halides is 3. The molecule has 0 nitrogen and oxygen atoms in total. The van der Waals surface area contributed by atoms with Crippen molar-refractivity contribution in [3.05, 3.63) is 35.9 Å². The van der Waals surface area contributed by atoms with Gasteiger partial charge in [-0.2, -0.15) is 13.2 Å². The lowest BCUT2D eigenvalue weighted by molar-refractivity contribution is -0.169. The predicted molar refractivity (Wildman–Crippen MR) is 45.4 cm³/mol. The zero-order valence-corrected chi connectivity index (χ0v) is 7.31. The van der Waals surface area contributed by atoms with Gasteiger partial charge in [-0.1, -0.05) is 37.3 Å². The van der Waals surface area contributed by atoms with Gasteiger partial charge < -0.3 is 0 Å². The number of hydrogen-bond donors (Lipinski definition) is 0. The standard InChI is InChI=1S/C10H11F3/c1-8(10(11,12)13)7-9-5-3-2-4-6-9/h2-6,8H,7H2,1H3/t8-/m1/s1. The third-order valence-electron chi connectivity index (χ3n) is 1.94. The van der Waals surface area contributed by atoms with E-state index < -0.39 is 12.1 Å². The summed E-state index contributed by atoms with van der Waals surface area (Å²) in [6.07, 6.45) is -4.03. The van der Waals surface area contributed by atoms with Crippen LogP contribution >= 0.6 is 0 Å². The molecule has 3 heteroatoms. The number of rotatable bonds is 2. The molecule has 0 heterocycles. The molecule has 0 unspecified atom stereocenters. The van der Waals surface area contributed by atoms with Crippen LogP contribution in [-0.4, -0.2) is 6.18 Å². The third-order valence-corrected chi connectivity index (χ3v) is 1.94. The van der Waals surface area contributed by atoms with E-state index in [1.807, 2.05) is 0 Å². The van der Waals surface area contributed by atoms with Crippen molar-refractivity contribution < 1.29 is 13.2 Å². The highest BCUT2D eigenvalue weighted by Gasteiger charge is 2.35. The SMILES string of the molecule is C[C@H](Cc1ccccc1)C(F)(F)F. The van der Waals surface area contributed by atoms with E-state index in [4.69, 9.17) is 0 Å². The Morgan fingerprint density at radius 1 is 1.15 bits per heavy atom. The van der Waals surface area contributed by atoms with Crippen LogP contribution in [0.2, 0.25) is 0 Å². The molecule has 13 heavy (non-hydrogen) atoms. The second-order valence-corrected chi connectivity index (χ2v) is 3.13. The third kappa shape index (κ3) is 3.09. The molecule has 0 saturated carbocycles. The fraction of sp³-hybridized carbons (Fsp3) is 0.400. The minimum absolute atomic E-state index is 0.0599. The molecule has 72 valence electrons. The Hall–Kier alpha value is -0.990. The van der Waals surface area contributed by atoms with Crippen molar-refractivity contribution in [2.24, 2.45) is 5.92 Å². The molecule has 1 aromatic carbocycles. The van der Waals surface area contributed by atoms with Gasteiger partial charge in [0.05, 0.1) is 5.92 Å². The summed E-state index contributed by atoms with van der Waals surface area (Å²) in [6.45, 7) is 1.20. The molecule has 0 bridgehead atoms. The summed E-state index contributed by atoms with van der Waals surface area (Å²) < 4.78 is 36.4. The van der Waals surface area contributed by atoms with Crippen LogP contribution in [0.15, 0.2) is 30.3 Å². The maximum atomic E-state index is 12.1. The highest BCUT2D eigenvalue weighted by molar-refractivity contribution is 5.15. The average molecular weight is 188 g/mol. The van der Waals surface area contributed by atoms with E-state index in [-0.39, 0.29) is 6.42 Å². The molecule has 0 aromatic heterocycles. The van der Waals surface area contributed by atoms with E-state index in [1.54, 1.807) is 30.3 Å². The van der Waals surface area contributed by atoms with E-state index >= 15 is 0 Å². The van der Waals surface area contributed by atoms with Gasteiger partial charge in [0, 0.05) is 0 Å². The summed E-state index contributed by atoms with van der Waals surface area (Å²) >= 11 is 0. The van der Waals surface area contributed by atoms with Gasteiger partial charge in [-0.25, -0.2) is 0 Å². The quantitative estimate of drug-likeness (QED) is 0.667.